The molecule has 0 saturated carbocycles. The predicted molar refractivity (Wildman–Crippen MR) is 481 cm³/mol. The molecule has 6 nitrogen and oxygen atoms in total. The van der Waals surface area contributed by atoms with Crippen LogP contribution in [-0.2, 0) is 0 Å². The van der Waals surface area contributed by atoms with E-state index in [1.165, 1.54) is 73.1 Å². The summed E-state index contributed by atoms with van der Waals surface area (Å²) in [7, 11) is 0. The lowest BCUT2D eigenvalue weighted by Crippen LogP contribution is -2.65. The molecule has 0 saturated heterocycles. The summed E-state index contributed by atoms with van der Waals surface area (Å²) >= 11 is 3.72. The predicted octanol–water partition coefficient (Wildman–Crippen LogP) is 24.9. The van der Waals surface area contributed by atoms with Crippen molar-refractivity contribution in [3.63, 3.8) is 0 Å². The summed E-state index contributed by atoms with van der Waals surface area (Å²) in [5, 5.41) is 4.94. The Kier molecular flexibility index (Phi) is 14.8. The second-order valence-corrected chi connectivity index (χ2v) is 31.5. The first-order chi connectivity index (χ1) is 55.6. The minimum absolute atomic E-state index is 0.256. The Morgan fingerprint density at radius 1 is 0.214 bits per heavy atom. The van der Waals surface area contributed by atoms with Crippen LogP contribution in [0.4, 0.5) is 102 Å². The van der Waals surface area contributed by atoms with E-state index in [9.17, 15) is 0 Å². The normalized spacial score (nSPS) is 12.9. The molecule has 112 heavy (non-hydrogen) atoms. The van der Waals surface area contributed by atoms with Crippen LogP contribution in [0, 0.1) is 0 Å². The van der Waals surface area contributed by atoms with Gasteiger partial charge in [-0.25, -0.2) is 0 Å². The van der Waals surface area contributed by atoms with Gasteiger partial charge < -0.3 is 29.4 Å². The van der Waals surface area contributed by atoms with Gasteiger partial charge in [0.2, 0.25) is 0 Å². The molecule has 17 aromatic carbocycles. The standard InChI is InChI=1S/C102H66B2N6S2/c1-7-33-67(34-8-1)75-45-19-25-51-83(75)109-89-66-90-82(65-81(89)103-79-49-23-27-53-85(79)107(71-41-15-5-16-42-71)91-61-73(63-93(109)101(91)103)105(69-37-11-3-12-38-69)87-55-31-59-97-99(87)77-47-21-29-57-95(77)111-97)104-80-50-24-28-54-86(80)108(72-43-17-6-18-44-72)92-62-74(64-94(102(92)104)110(90)84-52-26-20-46-76(84)68-35-9-2-10-36-68)106(70-39-13-4-14-40-70)88-56-32-60-98-100(88)78-48-22-30-58-96(78)112-98/h1-66H. The van der Waals surface area contributed by atoms with E-state index in [0.717, 1.165) is 125 Å². The Labute approximate surface area is 658 Å². The minimum Gasteiger partial charge on any atom is -0.311 e. The molecule has 2 aromatic heterocycles. The van der Waals surface area contributed by atoms with E-state index < -0.39 is 0 Å². The van der Waals surface area contributed by atoms with Crippen molar-refractivity contribution in [1.82, 2.24) is 0 Å². The van der Waals surface area contributed by atoms with Crippen LogP contribution in [0.25, 0.3) is 62.6 Å². The SMILES string of the molecule is c1ccc(-c2ccccc2N2c3cc4c(cc3B3c5ccccc5N(c5ccccc5)c5cc(N(c6ccccc6)c6cccc7sc8ccccc8c67)cc2c53)B2c3ccccc3N(c3ccccc3)c3cc(N(c5ccccc5)c5cccc6sc7ccccc7c56)cc(c32)N4c2ccccc2-c2ccccc2)cc1. The fraction of sp³-hybridized carbons (Fsp3) is 0. The van der Waals surface area contributed by atoms with Crippen LogP contribution in [0.2, 0.25) is 0 Å². The molecule has 0 spiro atoms. The molecule has 6 heterocycles. The molecule has 0 fully saturated rings. The van der Waals surface area contributed by atoms with Gasteiger partial charge in [0.25, 0.3) is 13.4 Å². The van der Waals surface area contributed by atoms with Gasteiger partial charge in [0, 0.05) is 120 Å². The van der Waals surface area contributed by atoms with Crippen LogP contribution in [-0.4, -0.2) is 13.4 Å². The van der Waals surface area contributed by atoms with Crippen LogP contribution in [0.5, 0.6) is 0 Å². The van der Waals surface area contributed by atoms with Crippen molar-refractivity contribution in [1.29, 1.82) is 0 Å². The molecule has 0 aliphatic carbocycles. The van der Waals surface area contributed by atoms with Crippen LogP contribution in [0.15, 0.2) is 400 Å². The molecule has 0 radical (unpaired) electrons. The third kappa shape index (κ3) is 9.92. The van der Waals surface area contributed by atoms with E-state index in [1.54, 1.807) is 0 Å². The van der Waals surface area contributed by atoms with Crippen molar-refractivity contribution in [2.24, 2.45) is 0 Å². The van der Waals surface area contributed by atoms with Crippen LogP contribution in [0.1, 0.15) is 0 Å². The van der Waals surface area contributed by atoms with E-state index in [4.69, 9.17) is 0 Å². The van der Waals surface area contributed by atoms with E-state index in [1.807, 2.05) is 22.7 Å². The second kappa shape index (κ2) is 25.9. The van der Waals surface area contributed by atoms with Crippen molar-refractivity contribution in [2.75, 3.05) is 29.4 Å². The maximum Gasteiger partial charge on any atom is 0.252 e. The average Bonchev–Trinajstić information content (AvgIpc) is 1.36. The third-order valence-electron chi connectivity index (χ3n) is 23.3. The number of fused-ring (bicyclic) bond motifs is 14. The smallest absolute Gasteiger partial charge is 0.252 e. The molecular weight excluding hydrogens is 1390 g/mol. The van der Waals surface area contributed by atoms with Gasteiger partial charge in [0.05, 0.1) is 34.1 Å². The van der Waals surface area contributed by atoms with Gasteiger partial charge in [-0.3, -0.25) is 0 Å². The van der Waals surface area contributed by atoms with Gasteiger partial charge >= 0.3 is 0 Å². The van der Waals surface area contributed by atoms with Gasteiger partial charge in [-0.1, -0.05) is 261 Å². The van der Waals surface area contributed by atoms with Crippen molar-refractivity contribution in [3.8, 4) is 22.3 Å². The molecule has 522 valence electrons. The van der Waals surface area contributed by atoms with Gasteiger partial charge in [-0.05, 0) is 183 Å². The Morgan fingerprint density at radius 3 is 0.964 bits per heavy atom. The van der Waals surface area contributed by atoms with Gasteiger partial charge in [0.1, 0.15) is 0 Å². The average molecular weight is 1460 g/mol. The molecule has 4 aliphatic heterocycles. The highest BCUT2D eigenvalue weighted by Crippen LogP contribution is 2.56. The van der Waals surface area contributed by atoms with Gasteiger partial charge in [-0.15, -0.1) is 22.7 Å². The summed E-state index contributed by atoms with van der Waals surface area (Å²) in [5.41, 5.74) is 31.5. The molecule has 19 aromatic rings. The monoisotopic (exact) mass is 1460 g/mol. The molecule has 4 aliphatic rings. The summed E-state index contributed by atoms with van der Waals surface area (Å²) in [5.74, 6) is 0. The van der Waals surface area contributed by atoms with Crippen LogP contribution < -0.4 is 62.2 Å². The van der Waals surface area contributed by atoms with Crippen molar-refractivity contribution < 1.29 is 0 Å². The molecule has 0 amide bonds. The largest absolute Gasteiger partial charge is 0.311 e. The van der Waals surface area contributed by atoms with Crippen LogP contribution >= 0.6 is 22.7 Å². The molecular formula is C102H66B2N6S2. The fourth-order valence-corrected chi connectivity index (χ4v) is 21.1. The summed E-state index contributed by atoms with van der Waals surface area (Å²) in [6.45, 7) is -0.512. The lowest BCUT2D eigenvalue weighted by atomic mass is 9.30. The molecule has 0 N–H and O–H groups in total. The number of nitrogens with zero attached hydrogens (tertiary/aromatic N) is 6. The Hall–Kier alpha value is -13.9. The first kappa shape index (κ1) is 64.1. The highest BCUT2D eigenvalue weighted by Gasteiger charge is 2.50. The summed E-state index contributed by atoms with van der Waals surface area (Å²) in [6, 6.07) is 150. The highest BCUT2D eigenvalue weighted by atomic mass is 32.1. The fourth-order valence-electron chi connectivity index (χ4n) is 18.8. The summed E-state index contributed by atoms with van der Waals surface area (Å²) in [4.78, 5) is 15.5. The zero-order valence-electron chi connectivity index (χ0n) is 60.8. The van der Waals surface area contributed by atoms with Gasteiger partial charge in [0.15, 0.2) is 0 Å². The quantitative estimate of drug-likeness (QED) is 0.113. The first-order valence-electron chi connectivity index (χ1n) is 38.5. The number of benzene rings is 17. The maximum atomic E-state index is 2.68. The minimum atomic E-state index is -0.256. The maximum absolute atomic E-state index is 2.68. The number of para-hydroxylation sites is 8. The molecule has 0 unspecified atom stereocenters. The van der Waals surface area contributed by atoms with Crippen molar-refractivity contribution in [3.05, 3.63) is 400 Å². The molecule has 10 heteroatoms. The lowest BCUT2D eigenvalue weighted by molar-refractivity contribution is 1.22. The Morgan fingerprint density at radius 2 is 0.545 bits per heavy atom. The number of hydrogen-bond donors (Lipinski definition) is 0. The van der Waals surface area contributed by atoms with Gasteiger partial charge in [-0.2, -0.15) is 0 Å². The van der Waals surface area contributed by atoms with Crippen molar-refractivity contribution >= 4 is 212 Å². The molecule has 0 bridgehead atoms. The third-order valence-corrected chi connectivity index (χ3v) is 25.6. The number of anilines is 18. The highest BCUT2D eigenvalue weighted by molar-refractivity contribution is 7.26. The zero-order valence-corrected chi connectivity index (χ0v) is 62.4. The first-order valence-corrected chi connectivity index (χ1v) is 40.1. The summed E-state index contributed by atoms with van der Waals surface area (Å²) in [6.07, 6.45) is 0. The molecule has 23 rings (SSSR count). The van der Waals surface area contributed by atoms with E-state index in [-0.39, 0.29) is 13.4 Å². The van der Waals surface area contributed by atoms with E-state index in [0.29, 0.717) is 0 Å². The molecule has 0 atom stereocenters. The van der Waals surface area contributed by atoms with Crippen LogP contribution in [0.3, 0.4) is 0 Å². The summed E-state index contributed by atoms with van der Waals surface area (Å²) < 4.78 is 5.00. The number of hydrogen-bond acceptors (Lipinski definition) is 8. The lowest BCUT2D eigenvalue weighted by Gasteiger charge is -2.48. The topological polar surface area (TPSA) is 19.4 Å². The second-order valence-electron chi connectivity index (χ2n) is 29.4. The van der Waals surface area contributed by atoms with Crippen molar-refractivity contribution in [2.45, 2.75) is 0 Å². The number of rotatable bonds is 12. The van der Waals surface area contributed by atoms with E-state index >= 15 is 0 Å². The number of thiophene rings is 2. The van der Waals surface area contributed by atoms with E-state index in [2.05, 4.69) is 430 Å². The zero-order chi connectivity index (χ0) is 73.5. The Balaban J connectivity index is 0.872. The Bertz CT molecular complexity index is 6540.